The van der Waals surface area contributed by atoms with Crippen LogP contribution in [0.2, 0.25) is 0 Å². The molecule has 0 radical (unpaired) electrons. The van der Waals surface area contributed by atoms with Gasteiger partial charge in [-0.1, -0.05) is 12.1 Å². The van der Waals surface area contributed by atoms with Gasteiger partial charge in [0, 0.05) is 57.9 Å². The number of amides is 3. The maximum Gasteiger partial charge on any atom is 0.320 e. The number of urea groups is 1. The first-order valence-corrected chi connectivity index (χ1v) is 11.5. The van der Waals surface area contributed by atoms with Crippen LogP contribution in [-0.2, 0) is 0 Å². The molecule has 3 amide bonds. The number of primary amides is 1. The number of benzene rings is 1. The third-order valence-corrected chi connectivity index (χ3v) is 6.83. The summed E-state index contributed by atoms with van der Waals surface area (Å²) in [4.78, 5) is 39.3. The maximum atomic E-state index is 12.5. The predicted octanol–water partition coefficient (Wildman–Crippen LogP) is 1.34. The average molecular weight is 451 g/mol. The highest BCUT2D eigenvalue weighted by Crippen LogP contribution is 2.27. The molecule has 0 bridgehead atoms. The number of nitrogens with one attached hydrogen (secondary N) is 2. The van der Waals surface area contributed by atoms with Crippen LogP contribution in [0.5, 0.6) is 0 Å². The largest absolute Gasteiger partial charge is 0.364 e. The highest BCUT2D eigenvalue weighted by molar-refractivity contribution is 5.96. The van der Waals surface area contributed by atoms with Crippen molar-refractivity contribution in [3.63, 3.8) is 0 Å². The van der Waals surface area contributed by atoms with E-state index in [1.165, 1.54) is 5.56 Å². The van der Waals surface area contributed by atoms with Crippen molar-refractivity contribution in [2.45, 2.75) is 24.8 Å². The van der Waals surface area contributed by atoms with Crippen LogP contribution in [0.25, 0.3) is 0 Å². The molecule has 3 fully saturated rings. The molecule has 0 spiro atoms. The molecule has 174 valence electrons. The lowest BCUT2D eigenvalue weighted by Crippen LogP contribution is -2.49. The summed E-state index contributed by atoms with van der Waals surface area (Å²) in [6, 6.07) is 8.38. The first-order chi connectivity index (χ1) is 16.0. The van der Waals surface area contributed by atoms with E-state index in [-0.39, 0.29) is 17.8 Å². The molecule has 0 aliphatic carbocycles. The zero-order valence-electron chi connectivity index (χ0n) is 18.8. The Kier molecular flexibility index (Phi) is 5.76. The van der Waals surface area contributed by atoms with Crippen LogP contribution in [0.15, 0.2) is 30.5 Å². The van der Waals surface area contributed by atoms with Crippen molar-refractivity contribution in [1.29, 1.82) is 0 Å². The minimum atomic E-state index is -0.629. The van der Waals surface area contributed by atoms with Gasteiger partial charge in [-0.2, -0.15) is 0 Å². The molecular weight excluding hydrogens is 420 g/mol. The van der Waals surface area contributed by atoms with Gasteiger partial charge in [-0.3, -0.25) is 4.79 Å². The van der Waals surface area contributed by atoms with E-state index in [9.17, 15) is 9.59 Å². The second-order valence-electron chi connectivity index (χ2n) is 9.03. The molecule has 0 unspecified atom stereocenters. The second kappa shape index (κ2) is 8.86. The van der Waals surface area contributed by atoms with Crippen molar-refractivity contribution in [3.05, 3.63) is 41.7 Å². The van der Waals surface area contributed by atoms with Gasteiger partial charge in [0.15, 0.2) is 11.5 Å². The molecule has 5 rings (SSSR count). The number of hydrogen-bond acceptors (Lipinski definition) is 7. The maximum absolute atomic E-state index is 12.5. The zero-order chi connectivity index (χ0) is 22.9. The molecule has 1 aromatic carbocycles. The van der Waals surface area contributed by atoms with Crippen LogP contribution in [0, 0.1) is 0 Å². The summed E-state index contributed by atoms with van der Waals surface area (Å²) in [6.07, 6.45) is 3.52. The molecule has 0 saturated carbocycles. The Bertz CT molecular complexity index is 1040. The molecule has 33 heavy (non-hydrogen) atoms. The summed E-state index contributed by atoms with van der Waals surface area (Å²) >= 11 is 0. The highest BCUT2D eigenvalue weighted by Gasteiger charge is 2.34. The van der Waals surface area contributed by atoms with E-state index < -0.39 is 5.91 Å². The first kappa shape index (κ1) is 21.4. The van der Waals surface area contributed by atoms with E-state index in [1.54, 1.807) is 11.1 Å². The van der Waals surface area contributed by atoms with Crippen LogP contribution < -0.4 is 21.3 Å². The van der Waals surface area contributed by atoms with E-state index in [4.69, 9.17) is 10.7 Å². The van der Waals surface area contributed by atoms with Gasteiger partial charge in [0.1, 0.15) is 5.82 Å². The van der Waals surface area contributed by atoms with Crippen LogP contribution in [0.4, 0.5) is 22.1 Å². The Balaban J connectivity index is 1.35. The quantitative estimate of drug-likeness (QED) is 0.608. The van der Waals surface area contributed by atoms with E-state index in [0.29, 0.717) is 24.1 Å². The van der Waals surface area contributed by atoms with Gasteiger partial charge in [-0.25, -0.2) is 14.8 Å². The summed E-state index contributed by atoms with van der Waals surface area (Å²) in [7, 11) is 1.84. The van der Waals surface area contributed by atoms with E-state index in [0.717, 1.165) is 51.3 Å². The minimum Gasteiger partial charge on any atom is -0.364 e. The summed E-state index contributed by atoms with van der Waals surface area (Å²) in [5, 5.41) is 6.51. The van der Waals surface area contributed by atoms with Crippen LogP contribution in [0.3, 0.4) is 0 Å². The lowest BCUT2D eigenvalue weighted by Gasteiger charge is -2.37. The molecule has 10 nitrogen and oxygen atoms in total. The number of aromatic nitrogens is 2. The molecule has 3 aliphatic heterocycles. The fraction of sp³-hybridized carbons (Fsp3) is 0.478. The number of carbonyl (C=O) groups is 2. The van der Waals surface area contributed by atoms with Gasteiger partial charge in [0.25, 0.3) is 5.91 Å². The van der Waals surface area contributed by atoms with Crippen LogP contribution in [-0.4, -0.2) is 84.1 Å². The summed E-state index contributed by atoms with van der Waals surface area (Å²) in [6.45, 7) is 5.02. The normalized spacial score (nSPS) is 21.3. The molecule has 2 aromatic rings. The van der Waals surface area contributed by atoms with Crippen molar-refractivity contribution >= 4 is 29.3 Å². The lowest BCUT2D eigenvalue weighted by molar-refractivity contribution is 0.0996. The van der Waals surface area contributed by atoms with E-state index in [1.807, 2.05) is 24.1 Å². The SMILES string of the molecule is CN1CCN([C@@H]2CCCN(c3cnc(C(N)=O)c(Nc4ccc(C5CNC5)cc4)n3)C2)C1=O. The van der Waals surface area contributed by atoms with Gasteiger partial charge < -0.3 is 31.1 Å². The molecule has 1 aromatic heterocycles. The number of likely N-dealkylation sites (N-methyl/N-ethyl adjacent to an activating group) is 1. The number of nitrogens with two attached hydrogens (primary N) is 1. The molecule has 3 aliphatic rings. The summed E-state index contributed by atoms with van der Waals surface area (Å²) < 4.78 is 0. The average Bonchev–Trinajstić information content (AvgIpc) is 3.12. The summed E-state index contributed by atoms with van der Waals surface area (Å²) in [5.74, 6) is 0.940. The molecule has 4 N–H and O–H groups in total. The van der Waals surface area contributed by atoms with Crippen LogP contribution >= 0.6 is 0 Å². The first-order valence-electron chi connectivity index (χ1n) is 11.5. The zero-order valence-corrected chi connectivity index (χ0v) is 18.8. The lowest BCUT2D eigenvalue weighted by atomic mass is 9.94. The molecule has 10 heteroatoms. The Labute approximate surface area is 193 Å². The number of anilines is 3. The van der Waals surface area contributed by atoms with Crippen molar-refractivity contribution < 1.29 is 9.59 Å². The predicted molar refractivity (Wildman–Crippen MR) is 126 cm³/mol. The van der Waals surface area contributed by atoms with Gasteiger partial charge in [-0.05, 0) is 30.5 Å². The van der Waals surface area contributed by atoms with Gasteiger partial charge in [0.05, 0.1) is 12.2 Å². The molecule has 4 heterocycles. The van der Waals surface area contributed by atoms with Gasteiger partial charge >= 0.3 is 6.03 Å². The minimum absolute atomic E-state index is 0.0838. The highest BCUT2D eigenvalue weighted by atomic mass is 16.2. The van der Waals surface area contributed by atoms with E-state index in [2.05, 4.69) is 32.7 Å². The number of piperidine rings is 1. The topological polar surface area (TPSA) is 120 Å². The second-order valence-corrected chi connectivity index (χ2v) is 9.03. The van der Waals surface area contributed by atoms with Crippen molar-refractivity contribution in [2.24, 2.45) is 5.73 Å². The van der Waals surface area contributed by atoms with Gasteiger partial charge in [-0.15, -0.1) is 0 Å². The monoisotopic (exact) mass is 450 g/mol. The standard InChI is InChI=1S/C23H30N8O2/c1-29-9-10-31(23(29)33)18-3-2-8-30(14-18)19-13-26-20(21(24)32)22(28-19)27-17-6-4-15(5-7-17)16-11-25-12-16/h4-7,13,16,18,25H,2-3,8-12,14H2,1H3,(H2,24,32)(H,27,28)/t18-/m1/s1. The fourth-order valence-electron chi connectivity index (χ4n) is 4.72. The Morgan fingerprint density at radius 3 is 2.61 bits per heavy atom. The fourth-order valence-corrected chi connectivity index (χ4v) is 4.72. The van der Waals surface area contributed by atoms with Crippen molar-refractivity contribution in [1.82, 2.24) is 25.1 Å². The smallest absolute Gasteiger partial charge is 0.320 e. The van der Waals surface area contributed by atoms with E-state index >= 15 is 0 Å². The number of nitrogens with zero attached hydrogens (tertiary/aromatic N) is 5. The summed E-state index contributed by atoms with van der Waals surface area (Å²) in [5.41, 5.74) is 7.79. The molecule has 3 saturated heterocycles. The third kappa shape index (κ3) is 4.30. The van der Waals surface area contributed by atoms with Crippen molar-refractivity contribution in [3.8, 4) is 0 Å². The number of hydrogen-bond donors (Lipinski definition) is 3. The molecule has 1 atom stereocenters. The Hall–Kier alpha value is -3.40. The van der Waals surface area contributed by atoms with Crippen molar-refractivity contribution in [2.75, 3.05) is 56.5 Å². The Morgan fingerprint density at radius 2 is 1.97 bits per heavy atom. The third-order valence-electron chi connectivity index (χ3n) is 6.83. The van der Waals surface area contributed by atoms with Crippen LogP contribution in [0.1, 0.15) is 34.8 Å². The Morgan fingerprint density at radius 1 is 1.18 bits per heavy atom. The number of carbonyl (C=O) groups excluding carboxylic acids is 2. The van der Waals surface area contributed by atoms with Gasteiger partial charge in [0.2, 0.25) is 0 Å². The number of rotatable bonds is 6. The molecular formula is C23H30N8O2.